The van der Waals surface area contributed by atoms with E-state index in [1.165, 1.54) is 11.1 Å². The van der Waals surface area contributed by atoms with Gasteiger partial charge in [-0.3, -0.25) is 0 Å². The van der Waals surface area contributed by atoms with Crippen molar-refractivity contribution in [3.8, 4) is 11.5 Å². The van der Waals surface area contributed by atoms with E-state index >= 15 is 0 Å². The lowest BCUT2D eigenvalue weighted by Crippen LogP contribution is -2.33. The molecule has 4 N–H and O–H groups in total. The van der Waals surface area contributed by atoms with Crippen molar-refractivity contribution in [3.05, 3.63) is 129 Å². The van der Waals surface area contributed by atoms with Crippen molar-refractivity contribution in [1.29, 1.82) is 0 Å². The fraction of sp³-hybridized carbons (Fsp3) is 0.400. The zero-order valence-corrected chi connectivity index (χ0v) is 29.6. The van der Waals surface area contributed by atoms with Crippen LogP contribution in [0.3, 0.4) is 0 Å². The SMILES string of the molecule is CC(NCCc1cccc(Cl)c1)C(O)c1ccc(OCCCCCCOc2ccc(C(O)C(C)NCCc3cccc(Cl)c3)cc2)cc1. The first-order valence-corrected chi connectivity index (χ1v) is 17.8. The maximum atomic E-state index is 10.8. The van der Waals surface area contributed by atoms with Crippen molar-refractivity contribution in [3.63, 3.8) is 0 Å². The van der Waals surface area contributed by atoms with Gasteiger partial charge in [0.15, 0.2) is 0 Å². The Hall–Kier alpha value is -3.10. The second-order valence-electron chi connectivity index (χ2n) is 12.4. The van der Waals surface area contributed by atoms with Gasteiger partial charge in [-0.25, -0.2) is 0 Å². The number of aliphatic hydroxyl groups excluding tert-OH is 2. The summed E-state index contributed by atoms with van der Waals surface area (Å²) >= 11 is 12.1. The van der Waals surface area contributed by atoms with Gasteiger partial charge >= 0.3 is 0 Å². The van der Waals surface area contributed by atoms with Crippen LogP contribution in [0.5, 0.6) is 11.5 Å². The van der Waals surface area contributed by atoms with Crippen LogP contribution in [0.15, 0.2) is 97.1 Å². The van der Waals surface area contributed by atoms with E-state index in [0.717, 1.165) is 84.3 Å². The number of benzene rings is 4. The Morgan fingerprint density at radius 2 is 0.958 bits per heavy atom. The molecule has 48 heavy (non-hydrogen) atoms. The maximum absolute atomic E-state index is 10.8. The molecule has 8 heteroatoms. The molecule has 0 aliphatic rings. The lowest BCUT2D eigenvalue weighted by atomic mass is 10.0. The molecule has 0 amide bonds. The predicted octanol–water partition coefficient (Wildman–Crippen LogP) is 8.52. The predicted molar refractivity (Wildman–Crippen MR) is 198 cm³/mol. The van der Waals surface area contributed by atoms with Crippen LogP contribution in [0.2, 0.25) is 10.0 Å². The first-order valence-electron chi connectivity index (χ1n) is 17.1. The maximum Gasteiger partial charge on any atom is 0.119 e. The minimum absolute atomic E-state index is 0.0829. The van der Waals surface area contributed by atoms with Gasteiger partial charge < -0.3 is 30.3 Å². The standard InChI is InChI=1S/C40H50Cl2N2O4/c1-29(43-23-21-31-9-7-11-35(41)27-31)39(45)33-13-17-37(18-14-33)47-25-5-3-4-6-26-48-38-19-15-34(16-20-38)40(46)30(2)44-24-22-32-10-8-12-36(42)28-32/h7-20,27-30,39-40,43-46H,3-6,21-26H2,1-2H3. The Bertz CT molecular complexity index is 1370. The van der Waals surface area contributed by atoms with Gasteiger partial charge in [0.1, 0.15) is 11.5 Å². The highest BCUT2D eigenvalue weighted by Crippen LogP contribution is 2.23. The smallest absolute Gasteiger partial charge is 0.119 e. The molecule has 0 heterocycles. The molecule has 0 aliphatic heterocycles. The molecule has 0 saturated carbocycles. The van der Waals surface area contributed by atoms with E-state index in [-0.39, 0.29) is 12.1 Å². The molecule has 0 bridgehead atoms. The summed E-state index contributed by atoms with van der Waals surface area (Å²) < 4.78 is 11.8. The van der Waals surface area contributed by atoms with E-state index < -0.39 is 12.2 Å². The van der Waals surface area contributed by atoms with Crippen LogP contribution in [0.1, 0.15) is 74.0 Å². The fourth-order valence-electron chi connectivity index (χ4n) is 5.53. The first kappa shape index (κ1) is 37.7. The van der Waals surface area contributed by atoms with Crippen molar-refractivity contribution in [1.82, 2.24) is 10.6 Å². The van der Waals surface area contributed by atoms with Gasteiger partial charge in [0.2, 0.25) is 0 Å². The molecule has 4 aromatic rings. The first-order chi connectivity index (χ1) is 23.3. The number of hydrogen-bond donors (Lipinski definition) is 4. The van der Waals surface area contributed by atoms with Crippen molar-refractivity contribution >= 4 is 23.2 Å². The molecule has 6 nitrogen and oxygen atoms in total. The second kappa shape index (κ2) is 20.4. The molecule has 0 radical (unpaired) electrons. The van der Waals surface area contributed by atoms with E-state index in [0.29, 0.717) is 13.2 Å². The summed E-state index contributed by atoms with van der Waals surface area (Å²) in [5, 5.41) is 29.9. The number of unbranched alkanes of at least 4 members (excludes halogenated alkanes) is 3. The van der Waals surface area contributed by atoms with E-state index in [2.05, 4.69) is 22.8 Å². The third-order valence-electron chi connectivity index (χ3n) is 8.50. The molecule has 0 spiro atoms. The van der Waals surface area contributed by atoms with Gasteiger partial charge in [-0.1, -0.05) is 71.7 Å². The van der Waals surface area contributed by atoms with Gasteiger partial charge in [0, 0.05) is 22.1 Å². The lowest BCUT2D eigenvalue weighted by Gasteiger charge is -2.21. The Balaban J connectivity index is 1.03. The van der Waals surface area contributed by atoms with E-state index in [1.54, 1.807) is 0 Å². The zero-order chi connectivity index (χ0) is 34.1. The average Bonchev–Trinajstić information content (AvgIpc) is 3.09. The second-order valence-corrected chi connectivity index (χ2v) is 13.3. The van der Waals surface area contributed by atoms with E-state index in [9.17, 15) is 10.2 Å². The number of ether oxygens (including phenoxy) is 2. The van der Waals surface area contributed by atoms with Crippen LogP contribution in [-0.4, -0.2) is 48.6 Å². The van der Waals surface area contributed by atoms with Crippen molar-refractivity contribution in [2.24, 2.45) is 0 Å². The van der Waals surface area contributed by atoms with Gasteiger partial charge in [-0.05, 0) is 136 Å². The molecule has 0 saturated heterocycles. The summed E-state index contributed by atoms with van der Waals surface area (Å²) in [6.45, 7) is 6.81. The minimum Gasteiger partial charge on any atom is -0.494 e. The summed E-state index contributed by atoms with van der Waals surface area (Å²) in [5.74, 6) is 1.62. The van der Waals surface area contributed by atoms with Crippen LogP contribution in [0, 0.1) is 0 Å². The molecule has 0 fully saturated rings. The molecule has 4 rings (SSSR count). The Morgan fingerprint density at radius 3 is 1.33 bits per heavy atom. The summed E-state index contributed by atoms with van der Waals surface area (Å²) in [6.07, 6.45) is 4.55. The minimum atomic E-state index is -0.604. The fourth-order valence-corrected chi connectivity index (χ4v) is 5.96. The highest BCUT2D eigenvalue weighted by Gasteiger charge is 2.17. The van der Waals surface area contributed by atoms with Crippen molar-refractivity contribution in [2.75, 3.05) is 26.3 Å². The summed E-state index contributed by atoms with van der Waals surface area (Å²) in [6, 6.07) is 31.0. The summed E-state index contributed by atoms with van der Waals surface area (Å²) in [4.78, 5) is 0. The summed E-state index contributed by atoms with van der Waals surface area (Å²) in [5.41, 5.74) is 4.07. The Morgan fingerprint density at radius 1 is 0.562 bits per heavy atom. The van der Waals surface area contributed by atoms with Crippen LogP contribution in [-0.2, 0) is 12.8 Å². The number of rotatable bonds is 21. The van der Waals surface area contributed by atoms with E-state index in [4.69, 9.17) is 32.7 Å². The average molecular weight is 694 g/mol. The molecule has 258 valence electrons. The van der Waals surface area contributed by atoms with Gasteiger partial charge in [0.05, 0.1) is 25.4 Å². The molecule has 4 aromatic carbocycles. The largest absolute Gasteiger partial charge is 0.494 e. The monoisotopic (exact) mass is 692 g/mol. The van der Waals surface area contributed by atoms with E-state index in [1.807, 2.05) is 98.8 Å². The Labute approximate surface area is 296 Å². The molecular weight excluding hydrogens is 643 g/mol. The highest BCUT2D eigenvalue weighted by atomic mass is 35.5. The third-order valence-corrected chi connectivity index (χ3v) is 8.97. The van der Waals surface area contributed by atoms with Crippen LogP contribution in [0.25, 0.3) is 0 Å². The topological polar surface area (TPSA) is 83.0 Å². The molecule has 0 aliphatic carbocycles. The molecular formula is C40H50Cl2N2O4. The molecule has 4 unspecified atom stereocenters. The molecule has 4 atom stereocenters. The van der Waals surface area contributed by atoms with Crippen molar-refractivity contribution in [2.45, 2.75) is 76.7 Å². The van der Waals surface area contributed by atoms with Crippen LogP contribution >= 0.6 is 23.2 Å². The number of hydrogen-bond acceptors (Lipinski definition) is 6. The van der Waals surface area contributed by atoms with Crippen LogP contribution in [0.4, 0.5) is 0 Å². The van der Waals surface area contributed by atoms with Gasteiger partial charge in [-0.2, -0.15) is 0 Å². The van der Waals surface area contributed by atoms with Gasteiger partial charge in [-0.15, -0.1) is 0 Å². The zero-order valence-electron chi connectivity index (χ0n) is 28.1. The quantitative estimate of drug-likeness (QED) is 0.0656. The molecule has 0 aromatic heterocycles. The number of aliphatic hydroxyl groups is 2. The van der Waals surface area contributed by atoms with Crippen LogP contribution < -0.4 is 20.1 Å². The summed E-state index contributed by atoms with van der Waals surface area (Å²) in [7, 11) is 0. The Kier molecular flexibility index (Phi) is 16.0. The third kappa shape index (κ3) is 13.1. The number of halogens is 2. The van der Waals surface area contributed by atoms with Crippen molar-refractivity contribution < 1.29 is 19.7 Å². The van der Waals surface area contributed by atoms with Gasteiger partial charge in [0.25, 0.3) is 0 Å². The number of nitrogens with one attached hydrogen (secondary N) is 2. The lowest BCUT2D eigenvalue weighted by molar-refractivity contribution is 0.136. The normalized spacial score (nSPS) is 13.9. The highest BCUT2D eigenvalue weighted by molar-refractivity contribution is 6.30.